The first-order valence-electron chi connectivity index (χ1n) is 6.81. The van der Waals surface area contributed by atoms with Gasteiger partial charge in [0.05, 0.1) is 12.0 Å². The SMILES string of the molecule is CC(C)c1cc(CC(=O)OC(C)(C)C)cc(C(F)(F)F)c1. The molecule has 5 heteroatoms. The second-order valence-electron chi connectivity index (χ2n) is 6.38. The monoisotopic (exact) mass is 302 g/mol. The topological polar surface area (TPSA) is 26.3 Å². The average Bonchev–Trinajstić information content (AvgIpc) is 2.24. The Morgan fingerprint density at radius 2 is 1.71 bits per heavy atom. The number of halogens is 3. The molecule has 0 aromatic heterocycles. The Labute approximate surface area is 123 Å². The molecular formula is C16H21F3O2. The first-order chi connectivity index (χ1) is 9.38. The molecule has 1 aromatic rings. The van der Waals surface area contributed by atoms with E-state index >= 15 is 0 Å². The van der Waals surface area contributed by atoms with Gasteiger partial charge in [-0.3, -0.25) is 4.79 Å². The molecule has 0 spiro atoms. The molecule has 1 rings (SSSR count). The van der Waals surface area contributed by atoms with Crippen molar-refractivity contribution < 1.29 is 22.7 Å². The summed E-state index contributed by atoms with van der Waals surface area (Å²) >= 11 is 0. The van der Waals surface area contributed by atoms with E-state index in [1.54, 1.807) is 26.8 Å². The third-order valence-electron chi connectivity index (χ3n) is 2.78. The number of hydrogen-bond donors (Lipinski definition) is 0. The molecule has 118 valence electrons. The van der Waals surface area contributed by atoms with E-state index in [0.29, 0.717) is 11.1 Å². The van der Waals surface area contributed by atoms with Crippen LogP contribution < -0.4 is 0 Å². The predicted molar refractivity (Wildman–Crippen MR) is 75.1 cm³/mol. The molecule has 0 aliphatic carbocycles. The molecule has 0 fully saturated rings. The summed E-state index contributed by atoms with van der Waals surface area (Å²) in [6, 6.07) is 3.77. The maximum absolute atomic E-state index is 12.9. The lowest BCUT2D eigenvalue weighted by molar-refractivity contribution is -0.154. The lowest BCUT2D eigenvalue weighted by Crippen LogP contribution is -2.25. The summed E-state index contributed by atoms with van der Waals surface area (Å²) in [5.41, 5.74) is -0.502. The Bertz CT molecular complexity index is 511. The number of rotatable bonds is 3. The van der Waals surface area contributed by atoms with Gasteiger partial charge in [0.15, 0.2) is 0 Å². The lowest BCUT2D eigenvalue weighted by Gasteiger charge is -2.20. The molecule has 0 saturated carbocycles. The second-order valence-corrected chi connectivity index (χ2v) is 6.38. The highest BCUT2D eigenvalue weighted by Crippen LogP contribution is 2.32. The zero-order chi connectivity index (χ0) is 16.4. The molecule has 0 N–H and O–H groups in total. The Morgan fingerprint density at radius 1 is 1.14 bits per heavy atom. The largest absolute Gasteiger partial charge is 0.460 e. The highest BCUT2D eigenvalue weighted by atomic mass is 19.4. The van der Waals surface area contributed by atoms with E-state index in [1.807, 2.05) is 13.8 Å². The standard InChI is InChI=1S/C16H21F3O2/c1-10(2)12-6-11(7-13(9-12)16(17,18)19)8-14(20)21-15(3,4)5/h6-7,9-10H,8H2,1-5H3. The summed E-state index contributed by atoms with van der Waals surface area (Å²) in [4.78, 5) is 11.8. The van der Waals surface area contributed by atoms with Crippen LogP contribution in [-0.2, 0) is 22.1 Å². The van der Waals surface area contributed by atoms with Crippen LogP contribution in [0.4, 0.5) is 13.2 Å². The molecule has 1 aromatic carbocycles. The highest BCUT2D eigenvalue weighted by molar-refractivity contribution is 5.73. The van der Waals surface area contributed by atoms with Crippen LogP contribution in [0.1, 0.15) is 57.2 Å². The first kappa shape index (κ1) is 17.5. The molecule has 0 atom stereocenters. The van der Waals surface area contributed by atoms with Crippen LogP contribution >= 0.6 is 0 Å². The number of alkyl halides is 3. The van der Waals surface area contributed by atoms with Gasteiger partial charge in [-0.25, -0.2) is 0 Å². The van der Waals surface area contributed by atoms with Crippen molar-refractivity contribution in [3.63, 3.8) is 0 Å². The highest BCUT2D eigenvalue weighted by Gasteiger charge is 2.31. The predicted octanol–water partition coefficient (Wildman–Crippen LogP) is 4.71. The van der Waals surface area contributed by atoms with Crippen LogP contribution in [0.15, 0.2) is 18.2 Å². The van der Waals surface area contributed by atoms with Gasteiger partial charge in [-0.1, -0.05) is 19.9 Å². The van der Waals surface area contributed by atoms with Crippen LogP contribution in [-0.4, -0.2) is 11.6 Å². The number of esters is 1. The third-order valence-corrected chi connectivity index (χ3v) is 2.78. The first-order valence-corrected chi connectivity index (χ1v) is 6.81. The minimum Gasteiger partial charge on any atom is -0.460 e. The number of ether oxygens (including phenoxy) is 1. The van der Waals surface area contributed by atoms with Gasteiger partial charge in [0, 0.05) is 0 Å². The molecular weight excluding hydrogens is 281 g/mol. The van der Waals surface area contributed by atoms with Crippen molar-refractivity contribution in [1.82, 2.24) is 0 Å². The Balaban J connectivity index is 3.07. The average molecular weight is 302 g/mol. The third kappa shape index (κ3) is 5.78. The molecule has 0 radical (unpaired) electrons. The molecule has 0 amide bonds. The minimum absolute atomic E-state index is 0.0512. The van der Waals surface area contributed by atoms with Gasteiger partial charge >= 0.3 is 12.1 Å². The number of benzene rings is 1. The summed E-state index contributed by atoms with van der Waals surface area (Å²) in [6.07, 6.45) is -4.59. The van der Waals surface area contributed by atoms with Crippen molar-refractivity contribution in [1.29, 1.82) is 0 Å². The number of carbonyl (C=O) groups is 1. The van der Waals surface area contributed by atoms with Crippen molar-refractivity contribution in [3.8, 4) is 0 Å². The van der Waals surface area contributed by atoms with E-state index in [4.69, 9.17) is 4.74 Å². The lowest BCUT2D eigenvalue weighted by atomic mass is 9.96. The van der Waals surface area contributed by atoms with Crippen molar-refractivity contribution >= 4 is 5.97 Å². The molecule has 0 heterocycles. The van der Waals surface area contributed by atoms with E-state index in [-0.39, 0.29) is 12.3 Å². The van der Waals surface area contributed by atoms with E-state index in [0.717, 1.165) is 12.1 Å². The van der Waals surface area contributed by atoms with Crippen LogP contribution in [0.3, 0.4) is 0 Å². The molecule has 0 bridgehead atoms. The van der Waals surface area contributed by atoms with Gasteiger partial charge in [0.25, 0.3) is 0 Å². The van der Waals surface area contributed by atoms with Crippen LogP contribution in [0.25, 0.3) is 0 Å². The second kappa shape index (κ2) is 6.08. The maximum Gasteiger partial charge on any atom is 0.416 e. The summed E-state index contributed by atoms with van der Waals surface area (Å²) in [6.45, 7) is 8.78. The molecule has 0 saturated heterocycles. The summed E-state index contributed by atoms with van der Waals surface area (Å²) in [5, 5.41) is 0. The van der Waals surface area contributed by atoms with Gasteiger partial charge in [-0.15, -0.1) is 0 Å². The number of carbonyl (C=O) groups excluding carboxylic acids is 1. The fourth-order valence-corrected chi connectivity index (χ4v) is 1.86. The van der Waals surface area contributed by atoms with Crippen molar-refractivity contribution in [2.45, 2.75) is 58.7 Å². The fraction of sp³-hybridized carbons (Fsp3) is 0.562. The Morgan fingerprint density at radius 3 is 2.14 bits per heavy atom. The van der Waals surface area contributed by atoms with Crippen LogP contribution in [0, 0.1) is 0 Å². The van der Waals surface area contributed by atoms with Gasteiger partial charge < -0.3 is 4.74 Å². The van der Waals surface area contributed by atoms with Gasteiger partial charge in [0.2, 0.25) is 0 Å². The molecule has 2 nitrogen and oxygen atoms in total. The summed E-state index contributed by atoms with van der Waals surface area (Å²) in [5.74, 6) is -0.582. The maximum atomic E-state index is 12.9. The number of hydrogen-bond acceptors (Lipinski definition) is 2. The van der Waals surface area contributed by atoms with Crippen LogP contribution in [0.2, 0.25) is 0 Å². The Hall–Kier alpha value is -1.52. The normalized spacial score (nSPS) is 12.6. The smallest absolute Gasteiger partial charge is 0.416 e. The molecule has 0 aliphatic heterocycles. The van der Waals surface area contributed by atoms with Crippen molar-refractivity contribution in [2.75, 3.05) is 0 Å². The summed E-state index contributed by atoms with van der Waals surface area (Å²) in [7, 11) is 0. The van der Waals surface area contributed by atoms with E-state index in [2.05, 4.69) is 0 Å². The van der Waals surface area contributed by atoms with E-state index in [9.17, 15) is 18.0 Å². The summed E-state index contributed by atoms with van der Waals surface area (Å²) < 4.78 is 43.9. The van der Waals surface area contributed by atoms with E-state index in [1.165, 1.54) is 0 Å². The quantitative estimate of drug-likeness (QED) is 0.756. The van der Waals surface area contributed by atoms with Crippen LogP contribution in [0.5, 0.6) is 0 Å². The van der Waals surface area contributed by atoms with Crippen molar-refractivity contribution in [2.24, 2.45) is 0 Å². The van der Waals surface area contributed by atoms with Gasteiger partial charge in [-0.2, -0.15) is 13.2 Å². The minimum atomic E-state index is -4.42. The van der Waals surface area contributed by atoms with Gasteiger partial charge in [0.1, 0.15) is 5.60 Å². The zero-order valence-electron chi connectivity index (χ0n) is 13.0. The fourth-order valence-electron chi connectivity index (χ4n) is 1.86. The molecule has 0 unspecified atom stereocenters. The molecule has 0 aliphatic rings. The van der Waals surface area contributed by atoms with Crippen molar-refractivity contribution in [3.05, 3.63) is 34.9 Å². The van der Waals surface area contributed by atoms with Gasteiger partial charge in [-0.05, 0) is 49.9 Å². The zero-order valence-corrected chi connectivity index (χ0v) is 13.0. The molecule has 21 heavy (non-hydrogen) atoms. The Kier molecular flexibility index (Phi) is 5.07. The van der Waals surface area contributed by atoms with E-state index < -0.39 is 23.3 Å².